The Bertz CT molecular complexity index is 274. The predicted molar refractivity (Wildman–Crippen MR) is 63.7 cm³/mol. The van der Waals surface area contributed by atoms with Crippen LogP contribution in [-0.4, -0.2) is 12.1 Å². The van der Waals surface area contributed by atoms with Crippen LogP contribution in [0.25, 0.3) is 0 Å². The highest BCUT2D eigenvalue weighted by Gasteiger charge is 2.43. The molecule has 88 valence electrons. The first kappa shape index (κ1) is 10.6. The van der Waals surface area contributed by atoms with Gasteiger partial charge in [0.2, 0.25) is 0 Å². The maximum Gasteiger partial charge on any atom is 0.0672 e. The molecule has 2 atom stereocenters. The second kappa shape index (κ2) is 4.37. The van der Waals surface area contributed by atoms with Crippen LogP contribution in [0.3, 0.4) is 0 Å². The van der Waals surface area contributed by atoms with Crippen molar-refractivity contribution in [1.29, 1.82) is 5.26 Å². The van der Waals surface area contributed by atoms with Crippen LogP contribution in [0.15, 0.2) is 0 Å². The third kappa shape index (κ3) is 2.25. The van der Waals surface area contributed by atoms with Gasteiger partial charge in [-0.25, -0.2) is 0 Å². The molecule has 2 nitrogen and oxygen atoms in total. The van der Waals surface area contributed by atoms with E-state index in [1.807, 2.05) is 0 Å². The highest BCUT2D eigenvalue weighted by Crippen LogP contribution is 2.45. The average Bonchev–Trinajstić information content (AvgIpc) is 3.18. The van der Waals surface area contributed by atoms with E-state index in [9.17, 15) is 5.26 Å². The second-order valence-corrected chi connectivity index (χ2v) is 5.99. The van der Waals surface area contributed by atoms with Gasteiger partial charge in [-0.3, -0.25) is 0 Å². The summed E-state index contributed by atoms with van der Waals surface area (Å²) in [7, 11) is 0. The lowest BCUT2D eigenvalue weighted by Gasteiger charge is -2.32. The lowest BCUT2D eigenvalue weighted by Crippen LogP contribution is -2.46. The van der Waals surface area contributed by atoms with E-state index in [1.54, 1.807) is 0 Å². The van der Waals surface area contributed by atoms with Crippen LogP contribution >= 0.6 is 0 Å². The maximum absolute atomic E-state index is 9.19. The van der Waals surface area contributed by atoms with Crippen LogP contribution < -0.4 is 5.32 Å². The largest absolute Gasteiger partial charge is 0.309 e. The predicted octanol–water partition coefficient (Wildman–Crippen LogP) is 2.85. The molecule has 0 heterocycles. The Morgan fingerprint density at radius 3 is 2.12 bits per heavy atom. The molecule has 3 aliphatic carbocycles. The van der Waals surface area contributed by atoms with Crippen molar-refractivity contribution in [2.75, 3.05) is 0 Å². The normalized spacial score (nSPS) is 35.0. The minimum atomic E-state index is 0.286. The highest BCUT2D eigenvalue weighted by atomic mass is 15.0. The van der Waals surface area contributed by atoms with Gasteiger partial charge in [0.15, 0.2) is 0 Å². The molecule has 3 saturated carbocycles. The molecule has 16 heavy (non-hydrogen) atoms. The van der Waals surface area contributed by atoms with Crippen molar-refractivity contribution in [2.45, 2.75) is 63.5 Å². The molecule has 3 rings (SSSR count). The Labute approximate surface area is 98.4 Å². The van der Waals surface area contributed by atoms with Crippen molar-refractivity contribution in [2.24, 2.45) is 17.8 Å². The van der Waals surface area contributed by atoms with E-state index in [1.165, 1.54) is 44.9 Å². The number of hydrogen-bond acceptors (Lipinski definition) is 2. The molecule has 0 aromatic carbocycles. The van der Waals surface area contributed by atoms with Crippen LogP contribution in [0, 0.1) is 29.1 Å². The van der Waals surface area contributed by atoms with Crippen molar-refractivity contribution in [3.8, 4) is 6.07 Å². The van der Waals surface area contributed by atoms with Crippen molar-refractivity contribution >= 4 is 0 Å². The van der Waals surface area contributed by atoms with Gasteiger partial charge in [0.1, 0.15) is 0 Å². The summed E-state index contributed by atoms with van der Waals surface area (Å²) in [5.74, 6) is 2.19. The van der Waals surface area contributed by atoms with E-state index in [2.05, 4.69) is 11.4 Å². The number of nitrogens with one attached hydrogen (secondary N) is 1. The van der Waals surface area contributed by atoms with Crippen LogP contribution in [0.1, 0.15) is 51.4 Å². The molecule has 3 aliphatic rings. The first-order valence-electron chi connectivity index (χ1n) is 7.04. The smallest absolute Gasteiger partial charge is 0.0672 e. The molecular weight excluding hydrogens is 196 g/mol. The van der Waals surface area contributed by atoms with E-state index in [0.717, 1.165) is 24.3 Å². The lowest BCUT2D eigenvalue weighted by atomic mass is 9.84. The molecule has 2 unspecified atom stereocenters. The Hall–Kier alpha value is -0.550. The molecule has 0 spiro atoms. The topological polar surface area (TPSA) is 35.8 Å². The minimum Gasteiger partial charge on any atom is -0.309 e. The van der Waals surface area contributed by atoms with Gasteiger partial charge >= 0.3 is 0 Å². The molecule has 0 aromatic rings. The summed E-state index contributed by atoms with van der Waals surface area (Å²) in [5, 5.41) is 13.1. The number of rotatable bonds is 4. The molecule has 0 amide bonds. The average molecular weight is 218 g/mol. The Morgan fingerprint density at radius 1 is 0.938 bits per heavy atom. The molecule has 0 aromatic heterocycles. The van der Waals surface area contributed by atoms with E-state index >= 15 is 0 Å². The summed E-state index contributed by atoms with van der Waals surface area (Å²) in [4.78, 5) is 0. The lowest BCUT2D eigenvalue weighted by molar-refractivity contribution is 0.261. The van der Waals surface area contributed by atoms with E-state index in [0.29, 0.717) is 6.04 Å². The summed E-state index contributed by atoms with van der Waals surface area (Å²) in [5.41, 5.74) is 0. The standard InChI is InChI=1S/C14H22N2/c15-9-12-3-1-2-4-13(12)16-14(10-5-6-10)11-7-8-11/h10-14,16H,1-8H2. The van der Waals surface area contributed by atoms with Crippen LogP contribution in [0.4, 0.5) is 0 Å². The molecule has 0 bridgehead atoms. The fraction of sp³-hybridized carbons (Fsp3) is 0.929. The zero-order valence-electron chi connectivity index (χ0n) is 9.99. The third-order valence-electron chi connectivity index (χ3n) is 4.60. The molecule has 2 heteroatoms. The number of nitrogens with zero attached hydrogens (tertiary/aromatic N) is 1. The van der Waals surface area contributed by atoms with Crippen LogP contribution in [0.2, 0.25) is 0 Å². The second-order valence-electron chi connectivity index (χ2n) is 5.99. The summed E-state index contributed by atoms with van der Waals surface area (Å²) < 4.78 is 0. The monoisotopic (exact) mass is 218 g/mol. The van der Waals surface area contributed by atoms with Gasteiger partial charge in [0, 0.05) is 12.1 Å². The zero-order chi connectivity index (χ0) is 11.0. The van der Waals surface area contributed by atoms with Gasteiger partial charge in [-0.1, -0.05) is 12.8 Å². The van der Waals surface area contributed by atoms with Crippen molar-refractivity contribution in [1.82, 2.24) is 5.32 Å². The van der Waals surface area contributed by atoms with E-state index in [-0.39, 0.29) is 5.92 Å². The number of nitriles is 1. The van der Waals surface area contributed by atoms with Gasteiger partial charge in [-0.05, 0) is 50.4 Å². The van der Waals surface area contributed by atoms with E-state index < -0.39 is 0 Å². The van der Waals surface area contributed by atoms with Gasteiger partial charge < -0.3 is 5.32 Å². The molecule has 0 saturated heterocycles. The third-order valence-corrected chi connectivity index (χ3v) is 4.60. The number of hydrogen-bond donors (Lipinski definition) is 1. The maximum atomic E-state index is 9.19. The van der Waals surface area contributed by atoms with Gasteiger partial charge in [-0.2, -0.15) is 5.26 Å². The van der Waals surface area contributed by atoms with E-state index in [4.69, 9.17) is 0 Å². The molecule has 0 aliphatic heterocycles. The van der Waals surface area contributed by atoms with Crippen LogP contribution in [-0.2, 0) is 0 Å². The van der Waals surface area contributed by atoms with Crippen molar-refractivity contribution in [3.05, 3.63) is 0 Å². The summed E-state index contributed by atoms with van der Waals surface area (Å²) in [6.45, 7) is 0. The summed E-state index contributed by atoms with van der Waals surface area (Å²) in [6, 6.07) is 3.78. The molecule has 1 N–H and O–H groups in total. The van der Waals surface area contributed by atoms with Gasteiger partial charge in [0.25, 0.3) is 0 Å². The fourth-order valence-electron chi connectivity index (χ4n) is 3.30. The van der Waals surface area contributed by atoms with Gasteiger partial charge in [-0.15, -0.1) is 0 Å². The minimum absolute atomic E-state index is 0.286. The fourth-order valence-corrected chi connectivity index (χ4v) is 3.30. The van der Waals surface area contributed by atoms with Crippen molar-refractivity contribution < 1.29 is 0 Å². The molecule has 3 fully saturated rings. The first-order valence-corrected chi connectivity index (χ1v) is 7.04. The van der Waals surface area contributed by atoms with Gasteiger partial charge in [0.05, 0.1) is 12.0 Å². The highest BCUT2D eigenvalue weighted by molar-refractivity contribution is 5.01. The zero-order valence-corrected chi connectivity index (χ0v) is 9.99. The summed E-state index contributed by atoms with van der Waals surface area (Å²) in [6.07, 6.45) is 10.6. The Balaban J connectivity index is 1.60. The SMILES string of the molecule is N#CC1CCCCC1NC(C1CC1)C1CC1. The molecule has 0 radical (unpaired) electrons. The Kier molecular flexibility index (Phi) is 2.90. The molecular formula is C14H22N2. The van der Waals surface area contributed by atoms with Crippen LogP contribution in [0.5, 0.6) is 0 Å². The quantitative estimate of drug-likeness (QED) is 0.787. The summed E-state index contributed by atoms with van der Waals surface area (Å²) >= 11 is 0. The van der Waals surface area contributed by atoms with Crippen molar-refractivity contribution in [3.63, 3.8) is 0 Å². The Morgan fingerprint density at radius 2 is 1.56 bits per heavy atom. The first-order chi connectivity index (χ1) is 7.88.